The molecule has 0 N–H and O–H groups in total. The quantitative estimate of drug-likeness (QED) is 0.0899. The third-order valence-corrected chi connectivity index (χ3v) is 37.0. The van der Waals surface area contributed by atoms with E-state index in [2.05, 4.69) is 181 Å². The van der Waals surface area contributed by atoms with Crippen molar-refractivity contribution in [3.63, 3.8) is 0 Å². The van der Waals surface area contributed by atoms with Crippen molar-refractivity contribution in [2.24, 2.45) is 11.8 Å². The fraction of sp³-hybridized carbons (Fsp3) is 0.310. The molecule has 1 aliphatic heterocycles. The van der Waals surface area contributed by atoms with E-state index < -0.39 is 25.9 Å². The minimum absolute atomic E-state index is 0.0869. The van der Waals surface area contributed by atoms with E-state index in [-0.39, 0.29) is 7.25 Å². The van der Waals surface area contributed by atoms with Crippen LogP contribution < -0.4 is 13.6 Å². The second-order valence-corrected chi connectivity index (χ2v) is 41.9. The van der Waals surface area contributed by atoms with E-state index in [1.54, 1.807) is 0 Å². The van der Waals surface area contributed by atoms with Crippen molar-refractivity contribution in [2.45, 2.75) is 100 Å². The molecule has 0 radical (unpaired) electrons. The van der Waals surface area contributed by atoms with Crippen LogP contribution in [0.15, 0.2) is 139 Å². The van der Waals surface area contributed by atoms with E-state index in [1.807, 2.05) is 0 Å². The Balaban J connectivity index is 1.35. The van der Waals surface area contributed by atoms with Crippen molar-refractivity contribution in [1.82, 2.24) is 0 Å². The van der Waals surface area contributed by atoms with Gasteiger partial charge in [-0.15, -0.1) is 0 Å². The zero-order valence-corrected chi connectivity index (χ0v) is 43.1. The molecular formula is C58H63Cl2SiZr. The summed E-state index contributed by atoms with van der Waals surface area (Å²) >= 11 is -5.68. The number of allylic oxidation sites excluding steroid dienone is 2. The van der Waals surface area contributed by atoms with Gasteiger partial charge in [0.2, 0.25) is 0 Å². The van der Waals surface area contributed by atoms with Crippen molar-refractivity contribution in [3.05, 3.63) is 172 Å². The molecule has 0 spiro atoms. The van der Waals surface area contributed by atoms with Gasteiger partial charge in [-0.2, -0.15) is 0 Å². The Labute approximate surface area is 383 Å². The van der Waals surface area contributed by atoms with Crippen LogP contribution in [-0.4, -0.2) is 9.52 Å². The summed E-state index contributed by atoms with van der Waals surface area (Å²) in [4.78, 5) is 0. The van der Waals surface area contributed by atoms with Crippen LogP contribution >= 0.6 is 17.0 Å². The van der Waals surface area contributed by atoms with E-state index in [9.17, 15) is 17.0 Å². The van der Waals surface area contributed by atoms with E-state index in [0.717, 1.165) is 25.7 Å². The van der Waals surface area contributed by atoms with Gasteiger partial charge in [0.05, 0.1) is 0 Å². The first-order valence-electron chi connectivity index (χ1n) is 23.6. The number of fused-ring (bicyclic) bond motifs is 5. The summed E-state index contributed by atoms with van der Waals surface area (Å²) in [5.41, 5.74) is 19.1. The Bertz CT molecular complexity index is 2580. The van der Waals surface area contributed by atoms with Gasteiger partial charge in [0.15, 0.2) is 0 Å². The van der Waals surface area contributed by atoms with Gasteiger partial charge in [0, 0.05) is 0 Å². The van der Waals surface area contributed by atoms with Crippen LogP contribution in [0, 0.1) is 11.8 Å². The summed E-state index contributed by atoms with van der Waals surface area (Å²) in [6.45, 7) is 14.1. The monoisotopic (exact) mass is 947 g/mol. The van der Waals surface area contributed by atoms with E-state index in [1.165, 1.54) is 117 Å². The van der Waals surface area contributed by atoms with Gasteiger partial charge in [-0.25, -0.2) is 0 Å². The average Bonchev–Trinajstić information content (AvgIpc) is 3.96. The van der Waals surface area contributed by atoms with Crippen LogP contribution in [0.5, 0.6) is 0 Å². The van der Waals surface area contributed by atoms with Gasteiger partial charge < -0.3 is 0 Å². The summed E-state index contributed by atoms with van der Waals surface area (Å²) in [5.74, 6) is 0.886. The zero-order valence-electron chi connectivity index (χ0n) is 37.7. The number of hydrogen-bond donors (Lipinski definition) is 0. The molecule has 2 atom stereocenters. The maximum absolute atomic E-state index is 9.48. The number of rotatable bonds is 15. The molecule has 2 unspecified atom stereocenters. The molecule has 0 fully saturated rings. The van der Waals surface area contributed by atoms with Crippen molar-refractivity contribution >= 4 is 52.3 Å². The third-order valence-electron chi connectivity index (χ3n) is 14.2. The van der Waals surface area contributed by atoms with Gasteiger partial charge >= 0.3 is 386 Å². The van der Waals surface area contributed by atoms with Gasteiger partial charge in [0.25, 0.3) is 0 Å². The molecule has 0 amide bonds. The summed E-state index contributed by atoms with van der Waals surface area (Å²) in [7, 11) is 18.1. The average molecular weight is 950 g/mol. The van der Waals surface area contributed by atoms with Crippen molar-refractivity contribution < 1.29 is 16.4 Å². The second kappa shape index (κ2) is 17.8. The molecule has 0 saturated carbocycles. The van der Waals surface area contributed by atoms with Gasteiger partial charge in [-0.3, -0.25) is 0 Å². The molecule has 3 aliphatic rings. The molecule has 0 saturated heterocycles. The van der Waals surface area contributed by atoms with Crippen LogP contribution in [-0.2, 0) is 29.2 Å². The molecule has 1 heterocycles. The molecule has 4 heteroatoms. The van der Waals surface area contributed by atoms with Crippen LogP contribution in [0.2, 0.25) is 0 Å². The Morgan fingerprint density at radius 1 is 0.500 bits per heavy atom. The number of hydrogen-bond acceptors (Lipinski definition) is 0. The van der Waals surface area contributed by atoms with Gasteiger partial charge in [-0.1, -0.05) is 0 Å². The molecule has 62 heavy (non-hydrogen) atoms. The molecule has 2 aliphatic carbocycles. The Morgan fingerprint density at radius 2 is 0.935 bits per heavy atom. The van der Waals surface area contributed by atoms with E-state index in [0.29, 0.717) is 11.8 Å². The summed E-state index contributed by atoms with van der Waals surface area (Å²) in [6, 6.07) is 48.6. The first-order valence-corrected chi connectivity index (χ1v) is 35.5. The summed E-state index contributed by atoms with van der Waals surface area (Å²) in [5, 5.41) is 2.99. The normalized spacial score (nSPS) is 17.4. The second-order valence-electron chi connectivity index (χ2n) is 19.5. The molecule has 6 aromatic rings. The molecule has 0 bridgehead atoms. The van der Waals surface area contributed by atoms with Crippen molar-refractivity contribution in [3.8, 4) is 33.4 Å². The van der Waals surface area contributed by atoms with Crippen LogP contribution in [0.4, 0.5) is 0 Å². The molecular weight excluding hydrogens is 887 g/mol. The van der Waals surface area contributed by atoms with Crippen molar-refractivity contribution in [1.29, 1.82) is 0 Å². The Kier molecular flexibility index (Phi) is 12.6. The third kappa shape index (κ3) is 7.58. The van der Waals surface area contributed by atoms with Crippen LogP contribution in [0.25, 0.3) is 45.5 Å². The Hall–Kier alpha value is -3.52. The number of aryl methyl sites for hydroxylation is 2. The number of halogens is 2. The minimum atomic E-state index is -5.68. The molecule has 0 nitrogen and oxygen atoms in total. The first-order chi connectivity index (χ1) is 30.0. The Morgan fingerprint density at radius 3 is 1.44 bits per heavy atom. The summed E-state index contributed by atoms with van der Waals surface area (Å²) in [6.07, 6.45) is 13.9. The number of benzene rings is 6. The van der Waals surface area contributed by atoms with Crippen molar-refractivity contribution in [2.75, 3.05) is 0 Å². The first kappa shape index (κ1) is 43.7. The molecule has 6 aromatic carbocycles. The topological polar surface area (TPSA) is 0 Å². The SMILES string of the molecule is CCCCc1ccccc1-c1cccc2c1C=C(CC(C)C)[CH]2[Zr]([Cl])([Cl])([c]1cccc2c1[SiH2]c1ccccc1-2)[CH]1C(CC(C)C)=Cc2c(-c3ccccc3CCCC)cccc21. The molecule has 9 rings (SSSR count). The van der Waals surface area contributed by atoms with Crippen LogP contribution in [0.1, 0.15) is 121 Å². The number of unbranched alkanes of at least 4 members (excludes halogenated alkanes) is 2. The maximum atomic E-state index is 9.48. The van der Waals surface area contributed by atoms with Gasteiger partial charge in [-0.05, 0) is 0 Å². The van der Waals surface area contributed by atoms with Gasteiger partial charge in [0.1, 0.15) is 0 Å². The predicted molar refractivity (Wildman–Crippen MR) is 272 cm³/mol. The summed E-state index contributed by atoms with van der Waals surface area (Å²) < 4.78 is 1.14. The zero-order chi connectivity index (χ0) is 43.2. The van der Waals surface area contributed by atoms with Crippen LogP contribution in [0.3, 0.4) is 0 Å². The predicted octanol–water partition coefficient (Wildman–Crippen LogP) is 14.8. The standard InChI is InChI=1S/2C23H27.C12H9Si.2ClH.Zr/c2*1-4-5-9-19-10-6-7-12-21(19)22-13-8-11-20-15-18(14-17(2)3)16-23(20)22;1-3-7-11-9(5-1)10-6-2-4-8-12(10)13-11;;;/h2*6-8,10-13,15-17H,4-5,9,14H2,1-3H3;1-7H,13H2;2*1H;/q;;;;;+2/p-2. The van der Waals surface area contributed by atoms with E-state index >= 15 is 0 Å². The fourth-order valence-electron chi connectivity index (χ4n) is 11.8. The fourth-order valence-corrected chi connectivity index (χ4v) is 39.6. The van der Waals surface area contributed by atoms with E-state index in [4.69, 9.17) is 0 Å². The molecule has 317 valence electrons. The molecule has 0 aromatic heterocycles.